The fraction of sp³-hybridized carbons (Fsp3) is 0.467. The molecule has 1 atom stereocenters. The van der Waals surface area contributed by atoms with E-state index in [2.05, 4.69) is 15.5 Å². The van der Waals surface area contributed by atoms with E-state index in [-0.39, 0.29) is 6.04 Å². The van der Waals surface area contributed by atoms with Crippen molar-refractivity contribution in [3.8, 4) is 5.75 Å². The standard InChI is InChI=1S/C15H19N3O2/c1-3-7-12(8-4-1)19-11-14-17-15(18-20-14)13-9-5-2-6-10-16-13/h1,3-4,7-8,13,16H,2,5-6,9-11H2/t13-/m1/s1. The minimum absolute atomic E-state index is 0.215. The lowest BCUT2D eigenvalue weighted by molar-refractivity contribution is 0.242. The predicted molar refractivity (Wildman–Crippen MR) is 74.3 cm³/mol. The van der Waals surface area contributed by atoms with Crippen molar-refractivity contribution in [2.24, 2.45) is 0 Å². The molecular weight excluding hydrogens is 254 g/mol. The van der Waals surface area contributed by atoms with Gasteiger partial charge in [-0.05, 0) is 31.5 Å². The second-order valence-electron chi connectivity index (χ2n) is 5.00. The third-order valence-corrected chi connectivity index (χ3v) is 3.46. The Kier molecular flexibility index (Phi) is 4.28. The molecule has 1 aromatic heterocycles. The smallest absolute Gasteiger partial charge is 0.264 e. The van der Waals surface area contributed by atoms with E-state index >= 15 is 0 Å². The van der Waals surface area contributed by atoms with Crippen LogP contribution in [0.3, 0.4) is 0 Å². The molecule has 20 heavy (non-hydrogen) atoms. The molecule has 106 valence electrons. The zero-order chi connectivity index (χ0) is 13.6. The number of nitrogens with one attached hydrogen (secondary N) is 1. The van der Waals surface area contributed by atoms with Gasteiger partial charge in [-0.3, -0.25) is 0 Å². The van der Waals surface area contributed by atoms with Gasteiger partial charge in [-0.15, -0.1) is 0 Å². The van der Waals surface area contributed by atoms with Gasteiger partial charge in [0.25, 0.3) is 5.89 Å². The Balaban J connectivity index is 1.58. The maximum Gasteiger partial charge on any atom is 0.264 e. The summed E-state index contributed by atoms with van der Waals surface area (Å²) in [6.07, 6.45) is 4.77. The van der Waals surface area contributed by atoms with E-state index in [9.17, 15) is 0 Å². The average Bonchev–Trinajstić information content (AvgIpc) is 2.80. The summed E-state index contributed by atoms with van der Waals surface area (Å²) in [6, 6.07) is 9.85. The molecule has 1 aliphatic rings. The molecule has 0 spiro atoms. The van der Waals surface area contributed by atoms with Crippen molar-refractivity contribution in [1.29, 1.82) is 0 Å². The summed E-state index contributed by atoms with van der Waals surface area (Å²) in [7, 11) is 0. The minimum Gasteiger partial charge on any atom is -0.484 e. The van der Waals surface area contributed by atoms with Crippen molar-refractivity contribution in [1.82, 2.24) is 15.5 Å². The summed E-state index contributed by atoms with van der Waals surface area (Å²) < 4.78 is 10.9. The first-order chi connectivity index (χ1) is 9.92. The summed E-state index contributed by atoms with van der Waals surface area (Å²) in [5.41, 5.74) is 0. The molecule has 3 rings (SSSR count). The molecule has 2 aromatic rings. The van der Waals surface area contributed by atoms with Crippen LogP contribution in [-0.2, 0) is 6.61 Å². The Labute approximate surface area is 118 Å². The van der Waals surface area contributed by atoms with Crippen LogP contribution in [0.15, 0.2) is 34.9 Å². The van der Waals surface area contributed by atoms with Crippen molar-refractivity contribution in [2.45, 2.75) is 38.3 Å². The fourth-order valence-electron chi connectivity index (χ4n) is 2.38. The number of para-hydroxylation sites is 1. The van der Waals surface area contributed by atoms with Gasteiger partial charge >= 0.3 is 0 Å². The Morgan fingerprint density at radius 1 is 1.20 bits per heavy atom. The second-order valence-corrected chi connectivity index (χ2v) is 5.00. The molecule has 0 radical (unpaired) electrons. The molecule has 1 aromatic carbocycles. The minimum atomic E-state index is 0.215. The summed E-state index contributed by atoms with van der Waals surface area (Å²) in [5, 5.41) is 7.52. The largest absolute Gasteiger partial charge is 0.484 e. The van der Waals surface area contributed by atoms with Gasteiger partial charge in [0.1, 0.15) is 5.75 Å². The second kappa shape index (κ2) is 6.52. The van der Waals surface area contributed by atoms with E-state index in [1.807, 2.05) is 30.3 Å². The highest BCUT2D eigenvalue weighted by atomic mass is 16.5. The first-order valence-corrected chi connectivity index (χ1v) is 7.15. The maximum absolute atomic E-state index is 5.60. The Hall–Kier alpha value is -1.88. The van der Waals surface area contributed by atoms with Gasteiger partial charge in [0.2, 0.25) is 0 Å². The van der Waals surface area contributed by atoms with Crippen LogP contribution in [0.4, 0.5) is 0 Å². The number of aromatic nitrogens is 2. The molecule has 1 fully saturated rings. The van der Waals surface area contributed by atoms with Gasteiger partial charge in [-0.1, -0.05) is 36.2 Å². The van der Waals surface area contributed by atoms with E-state index in [0.717, 1.165) is 24.5 Å². The van der Waals surface area contributed by atoms with Crippen LogP contribution in [0, 0.1) is 0 Å². The van der Waals surface area contributed by atoms with Crippen molar-refractivity contribution in [2.75, 3.05) is 6.54 Å². The van der Waals surface area contributed by atoms with Crippen LogP contribution in [0.5, 0.6) is 5.75 Å². The van der Waals surface area contributed by atoms with Crippen molar-refractivity contribution >= 4 is 0 Å². The highest BCUT2D eigenvalue weighted by Crippen LogP contribution is 2.20. The topological polar surface area (TPSA) is 60.2 Å². The van der Waals surface area contributed by atoms with E-state index in [0.29, 0.717) is 12.5 Å². The molecule has 1 saturated heterocycles. The fourth-order valence-corrected chi connectivity index (χ4v) is 2.38. The average molecular weight is 273 g/mol. The molecule has 2 heterocycles. The zero-order valence-corrected chi connectivity index (χ0v) is 11.4. The van der Waals surface area contributed by atoms with E-state index in [1.165, 1.54) is 19.3 Å². The Bertz CT molecular complexity index is 519. The van der Waals surface area contributed by atoms with Gasteiger partial charge in [-0.2, -0.15) is 4.98 Å². The number of hydrogen-bond donors (Lipinski definition) is 1. The summed E-state index contributed by atoms with van der Waals surface area (Å²) >= 11 is 0. The number of nitrogens with zero attached hydrogens (tertiary/aromatic N) is 2. The lowest BCUT2D eigenvalue weighted by Gasteiger charge is -2.09. The first-order valence-electron chi connectivity index (χ1n) is 7.15. The molecule has 0 unspecified atom stereocenters. The highest BCUT2D eigenvalue weighted by Gasteiger charge is 2.19. The lowest BCUT2D eigenvalue weighted by atomic mass is 10.1. The number of ether oxygens (including phenoxy) is 1. The van der Waals surface area contributed by atoms with Crippen molar-refractivity contribution in [3.05, 3.63) is 42.0 Å². The maximum atomic E-state index is 5.60. The summed E-state index contributed by atoms with van der Waals surface area (Å²) in [6.45, 7) is 1.33. The van der Waals surface area contributed by atoms with Gasteiger partial charge in [0, 0.05) is 0 Å². The first kappa shape index (κ1) is 13.1. The molecule has 1 N–H and O–H groups in total. The van der Waals surface area contributed by atoms with E-state index < -0.39 is 0 Å². The van der Waals surface area contributed by atoms with Crippen LogP contribution in [0.2, 0.25) is 0 Å². The third-order valence-electron chi connectivity index (χ3n) is 3.46. The van der Waals surface area contributed by atoms with Crippen molar-refractivity contribution in [3.63, 3.8) is 0 Å². The summed E-state index contributed by atoms with van der Waals surface area (Å²) in [4.78, 5) is 4.43. The van der Waals surface area contributed by atoms with Gasteiger partial charge in [0.15, 0.2) is 12.4 Å². The van der Waals surface area contributed by atoms with E-state index in [4.69, 9.17) is 9.26 Å². The number of rotatable bonds is 4. The molecule has 5 nitrogen and oxygen atoms in total. The van der Waals surface area contributed by atoms with Gasteiger partial charge in [-0.25, -0.2) is 0 Å². The highest BCUT2D eigenvalue weighted by molar-refractivity contribution is 5.20. The monoisotopic (exact) mass is 273 g/mol. The summed E-state index contributed by atoms with van der Waals surface area (Å²) in [5.74, 6) is 2.08. The molecule has 5 heteroatoms. The normalized spacial score (nSPS) is 19.5. The lowest BCUT2D eigenvalue weighted by Crippen LogP contribution is -2.21. The molecule has 0 saturated carbocycles. The number of hydrogen-bond acceptors (Lipinski definition) is 5. The van der Waals surface area contributed by atoms with Crippen LogP contribution in [0.25, 0.3) is 0 Å². The zero-order valence-electron chi connectivity index (χ0n) is 11.4. The Morgan fingerprint density at radius 3 is 3.00 bits per heavy atom. The van der Waals surface area contributed by atoms with Gasteiger partial charge in [0.05, 0.1) is 6.04 Å². The van der Waals surface area contributed by atoms with Crippen LogP contribution in [0.1, 0.15) is 43.4 Å². The van der Waals surface area contributed by atoms with Crippen LogP contribution >= 0.6 is 0 Å². The third kappa shape index (κ3) is 3.36. The molecule has 0 aliphatic carbocycles. The quantitative estimate of drug-likeness (QED) is 0.928. The van der Waals surface area contributed by atoms with Crippen LogP contribution < -0.4 is 10.1 Å². The van der Waals surface area contributed by atoms with Gasteiger partial charge < -0.3 is 14.6 Å². The SMILES string of the molecule is c1ccc(OCc2nc([C@H]3CCCCCN3)no2)cc1. The Morgan fingerprint density at radius 2 is 2.10 bits per heavy atom. The molecular formula is C15H19N3O2. The molecule has 0 amide bonds. The predicted octanol–water partition coefficient (Wildman–Crippen LogP) is 2.85. The molecule has 0 bridgehead atoms. The molecule has 1 aliphatic heterocycles. The number of benzene rings is 1. The van der Waals surface area contributed by atoms with E-state index in [1.54, 1.807) is 0 Å². The van der Waals surface area contributed by atoms with Crippen molar-refractivity contribution < 1.29 is 9.26 Å². The van der Waals surface area contributed by atoms with Crippen LogP contribution in [-0.4, -0.2) is 16.7 Å².